The molecule has 4 rings (SSSR count). The lowest BCUT2D eigenvalue weighted by Gasteiger charge is -2.28. The van der Waals surface area contributed by atoms with Gasteiger partial charge in [0.1, 0.15) is 17.2 Å². The van der Waals surface area contributed by atoms with Crippen molar-refractivity contribution >= 4 is 28.5 Å². The summed E-state index contributed by atoms with van der Waals surface area (Å²) in [5, 5.41) is 6.04. The lowest BCUT2D eigenvalue weighted by atomic mass is 9.96. The number of halogens is 2. The maximum Gasteiger partial charge on any atom is 0.287 e. The summed E-state index contributed by atoms with van der Waals surface area (Å²) in [6.45, 7) is 1.49. The van der Waals surface area contributed by atoms with Gasteiger partial charge in [-0.2, -0.15) is 0 Å². The van der Waals surface area contributed by atoms with Crippen molar-refractivity contribution in [1.29, 1.82) is 0 Å². The van der Waals surface area contributed by atoms with Gasteiger partial charge in [0.15, 0.2) is 5.76 Å². The largest absolute Gasteiger partial charge is 0.451 e. The molecule has 6 nitrogen and oxygen atoms in total. The standard InChI is InChI=1S/C23H23F2N3O3/c1-28-9-7-14(8-10-28)22(29)27-16-5-6-20-15(11-16)12-21(31-20)23(30)26-13-17-18(24)3-2-4-19(17)25/h2-6,11-12,14H,7-10,13H2,1H3,(H,26,30)(H,27,29). The van der Waals surface area contributed by atoms with E-state index in [1.807, 2.05) is 7.05 Å². The van der Waals surface area contributed by atoms with Crippen LogP contribution in [0.1, 0.15) is 29.0 Å². The van der Waals surface area contributed by atoms with Crippen molar-refractivity contribution < 1.29 is 22.8 Å². The molecule has 2 N–H and O–H groups in total. The van der Waals surface area contributed by atoms with Crippen LogP contribution in [0.15, 0.2) is 46.9 Å². The first-order valence-corrected chi connectivity index (χ1v) is 10.1. The number of anilines is 1. The number of carbonyl (C=O) groups is 2. The Balaban J connectivity index is 1.42. The molecule has 1 aliphatic rings. The van der Waals surface area contributed by atoms with Crippen molar-refractivity contribution in [2.45, 2.75) is 19.4 Å². The lowest BCUT2D eigenvalue weighted by Crippen LogP contribution is -2.35. The van der Waals surface area contributed by atoms with Crippen LogP contribution < -0.4 is 10.6 Å². The normalized spacial score (nSPS) is 15.2. The van der Waals surface area contributed by atoms with E-state index >= 15 is 0 Å². The van der Waals surface area contributed by atoms with Crippen molar-refractivity contribution in [3.8, 4) is 0 Å². The molecule has 1 fully saturated rings. The molecule has 0 atom stereocenters. The molecule has 8 heteroatoms. The molecule has 162 valence electrons. The zero-order valence-electron chi connectivity index (χ0n) is 17.1. The van der Waals surface area contributed by atoms with Crippen molar-refractivity contribution in [2.75, 3.05) is 25.5 Å². The highest BCUT2D eigenvalue weighted by atomic mass is 19.1. The molecular formula is C23H23F2N3O3. The van der Waals surface area contributed by atoms with Gasteiger partial charge in [0, 0.05) is 29.1 Å². The number of nitrogens with zero attached hydrogens (tertiary/aromatic N) is 1. The number of nitrogens with one attached hydrogen (secondary N) is 2. The lowest BCUT2D eigenvalue weighted by molar-refractivity contribution is -0.121. The van der Waals surface area contributed by atoms with E-state index in [2.05, 4.69) is 15.5 Å². The molecule has 1 saturated heterocycles. The van der Waals surface area contributed by atoms with Gasteiger partial charge in [0.05, 0.1) is 0 Å². The minimum atomic E-state index is -0.727. The third kappa shape index (κ3) is 4.74. The molecule has 2 heterocycles. The van der Waals surface area contributed by atoms with Gasteiger partial charge < -0.3 is 20.0 Å². The van der Waals surface area contributed by atoms with E-state index in [1.54, 1.807) is 18.2 Å². The molecule has 0 saturated carbocycles. The number of hydrogen-bond donors (Lipinski definition) is 2. The van der Waals surface area contributed by atoms with Crippen LogP contribution in [0, 0.1) is 17.6 Å². The summed E-state index contributed by atoms with van der Waals surface area (Å²) >= 11 is 0. The quantitative estimate of drug-likeness (QED) is 0.647. The number of furan rings is 1. The van der Waals surface area contributed by atoms with Crippen molar-refractivity contribution in [3.05, 3.63) is 65.4 Å². The molecule has 0 bridgehead atoms. The first kappa shape index (κ1) is 21.0. The van der Waals surface area contributed by atoms with E-state index in [9.17, 15) is 18.4 Å². The van der Waals surface area contributed by atoms with Gasteiger partial charge >= 0.3 is 0 Å². The predicted molar refractivity (Wildman–Crippen MR) is 113 cm³/mol. The number of rotatable bonds is 5. The first-order chi connectivity index (χ1) is 14.9. The number of benzene rings is 2. The molecule has 1 aliphatic heterocycles. The molecule has 0 radical (unpaired) electrons. The molecule has 2 amide bonds. The summed E-state index contributed by atoms with van der Waals surface area (Å²) in [5.74, 6) is -2.05. The van der Waals surface area contributed by atoms with Gasteiger partial charge in [-0.1, -0.05) is 6.07 Å². The number of hydrogen-bond acceptors (Lipinski definition) is 4. The fourth-order valence-corrected chi connectivity index (χ4v) is 3.71. The summed E-state index contributed by atoms with van der Waals surface area (Å²) in [6, 6.07) is 10.2. The van der Waals surface area contributed by atoms with Gasteiger partial charge in [-0.15, -0.1) is 0 Å². The summed E-state index contributed by atoms with van der Waals surface area (Å²) < 4.78 is 33.0. The molecule has 31 heavy (non-hydrogen) atoms. The highest BCUT2D eigenvalue weighted by molar-refractivity contribution is 5.98. The van der Waals surface area contributed by atoms with Crippen LogP contribution in [0.2, 0.25) is 0 Å². The average molecular weight is 427 g/mol. The summed E-state index contributed by atoms with van der Waals surface area (Å²) in [5.41, 5.74) is 0.878. The summed E-state index contributed by atoms with van der Waals surface area (Å²) in [7, 11) is 2.04. The zero-order chi connectivity index (χ0) is 22.0. The second-order valence-corrected chi connectivity index (χ2v) is 7.81. The van der Waals surface area contributed by atoms with Gasteiger partial charge in [-0.3, -0.25) is 9.59 Å². The number of carbonyl (C=O) groups excluding carboxylic acids is 2. The average Bonchev–Trinajstić information content (AvgIpc) is 3.17. The number of fused-ring (bicyclic) bond motifs is 1. The Morgan fingerprint density at radius 2 is 1.81 bits per heavy atom. The van der Waals surface area contributed by atoms with Gasteiger partial charge in [-0.05, 0) is 69.4 Å². The van der Waals surface area contributed by atoms with Gasteiger partial charge in [0.25, 0.3) is 5.91 Å². The Bertz CT molecular complexity index is 1100. The van der Waals surface area contributed by atoms with E-state index in [0.717, 1.165) is 38.1 Å². The summed E-state index contributed by atoms with van der Waals surface area (Å²) in [6.07, 6.45) is 1.65. The highest BCUT2D eigenvalue weighted by Gasteiger charge is 2.23. The van der Waals surface area contributed by atoms with E-state index in [-0.39, 0.29) is 29.7 Å². The number of likely N-dealkylation sites (tertiary alicyclic amines) is 1. The second kappa shape index (κ2) is 8.85. The minimum absolute atomic E-state index is 0.0131. The molecule has 3 aromatic rings. The monoisotopic (exact) mass is 427 g/mol. The third-order valence-corrected chi connectivity index (χ3v) is 5.58. The fraction of sp³-hybridized carbons (Fsp3) is 0.304. The topological polar surface area (TPSA) is 74.6 Å². The van der Waals surface area contributed by atoms with E-state index < -0.39 is 17.5 Å². The van der Waals surface area contributed by atoms with Crippen molar-refractivity contribution in [2.24, 2.45) is 5.92 Å². The Kier molecular flexibility index (Phi) is 5.99. The van der Waals surface area contributed by atoms with E-state index in [4.69, 9.17) is 4.42 Å². The Morgan fingerprint density at radius 3 is 2.52 bits per heavy atom. The van der Waals surface area contributed by atoms with Crippen molar-refractivity contribution in [1.82, 2.24) is 10.2 Å². The number of amides is 2. The molecule has 0 aliphatic carbocycles. The highest BCUT2D eigenvalue weighted by Crippen LogP contribution is 2.25. The van der Waals surface area contributed by atoms with Crippen LogP contribution in [0.25, 0.3) is 11.0 Å². The second-order valence-electron chi connectivity index (χ2n) is 7.81. The Hall–Kier alpha value is -3.26. The molecule has 2 aromatic carbocycles. The number of piperidine rings is 1. The smallest absolute Gasteiger partial charge is 0.287 e. The SMILES string of the molecule is CN1CCC(C(=O)Nc2ccc3oc(C(=O)NCc4c(F)cccc4F)cc3c2)CC1. The van der Waals surface area contributed by atoms with Crippen LogP contribution in [0.5, 0.6) is 0 Å². The summed E-state index contributed by atoms with van der Waals surface area (Å²) in [4.78, 5) is 27.1. The van der Waals surface area contributed by atoms with E-state index in [1.165, 1.54) is 12.1 Å². The first-order valence-electron chi connectivity index (χ1n) is 10.1. The molecule has 0 spiro atoms. The van der Waals surface area contributed by atoms with Crippen LogP contribution in [0.4, 0.5) is 14.5 Å². The third-order valence-electron chi connectivity index (χ3n) is 5.58. The van der Waals surface area contributed by atoms with Gasteiger partial charge in [0.2, 0.25) is 5.91 Å². The van der Waals surface area contributed by atoms with Crippen LogP contribution in [0.3, 0.4) is 0 Å². The molecular weight excluding hydrogens is 404 g/mol. The molecule has 0 unspecified atom stereocenters. The Morgan fingerprint density at radius 1 is 1.10 bits per heavy atom. The zero-order valence-corrected chi connectivity index (χ0v) is 17.1. The Labute approximate surface area is 178 Å². The predicted octanol–water partition coefficient (Wildman–Crippen LogP) is 3.92. The van der Waals surface area contributed by atoms with Crippen LogP contribution in [-0.2, 0) is 11.3 Å². The van der Waals surface area contributed by atoms with E-state index in [0.29, 0.717) is 16.7 Å². The van der Waals surface area contributed by atoms with Crippen molar-refractivity contribution in [3.63, 3.8) is 0 Å². The van der Waals surface area contributed by atoms with Crippen LogP contribution >= 0.6 is 0 Å². The van der Waals surface area contributed by atoms with Crippen LogP contribution in [-0.4, -0.2) is 36.9 Å². The minimum Gasteiger partial charge on any atom is -0.451 e. The van der Waals surface area contributed by atoms with Gasteiger partial charge in [-0.25, -0.2) is 8.78 Å². The molecule has 1 aromatic heterocycles. The maximum atomic E-state index is 13.7. The maximum absolute atomic E-state index is 13.7. The fourth-order valence-electron chi connectivity index (χ4n) is 3.71.